The first-order valence-corrected chi connectivity index (χ1v) is 10.4. The van der Waals surface area contributed by atoms with Gasteiger partial charge >= 0.3 is 5.97 Å². The molecule has 1 heterocycles. The van der Waals surface area contributed by atoms with Crippen molar-refractivity contribution in [3.05, 3.63) is 77.0 Å². The average molecular weight is 442 g/mol. The van der Waals surface area contributed by atoms with Crippen LogP contribution in [0.2, 0.25) is 0 Å². The predicted molar refractivity (Wildman–Crippen MR) is 111 cm³/mol. The molecule has 0 atom stereocenters. The molecule has 0 fully saturated rings. The van der Waals surface area contributed by atoms with Gasteiger partial charge in [0.25, 0.3) is 15.9 Å². The number of rotatable bonds is 6. The van der Waals surface area contributed by atoms with Gasteiger partial charge in [0.2, 0.25) is 5.78 Å². The smallest absolute Gasteiger partial charge is 0.322 e. The van der Waals surface area contributed by atoms with Crippen molar-refractivity contribution in [2.24, 2.45) is 0 Å². The monoisotopic (exact) mass is 442 g/mol. The van der Waals surface area contributed by atoms with Crippen LogP contribution in [0.25, 0.3) is 11.8 Å². The zero-order valence-corrected chi connectivity index (χ0v) is 17.1. The topological polar surface area (TPSA) is 141 Å². The first-order valence-electron chi connectivity index (χ1n) is 8.97. The fourth-order valence-electron chi connectivity index (χ4n) is 3.00. The lowest BCUT2D eigenvalue weighted by atomic mass is 10.1. The summed E-state index contributed by atoms with van der Waals surface area (Å²) in [6.45, 7) is -0.535. The summed E-state index contributed by atoms with van der Waals surface area (Å²) in [6, 6.07) is 11.9. The van der Waals surface area contributed by atoms with Crippen LogP contribution in [0.4, 0.5) is 0 Å². The lowest BCUT2D eigenvalue weighted by Crippen LogP contribution is -2.34. The molecule has 1 amide bonds. The van der Waals surface area contributed by atoms with Gasteiger partial charge in [-0.1, -0.05) is 30.3 Å². The molecule has 2 aromatic carbocycles. The number of nitrogens with one attached hydrogen (secondary N) is 1. The summed E-state index contributed by atoms with van der Waals surface area (Å²) in [7, 11) is -2.83. The van der Waals surface area contributed by atoms with E-state index in [0.29, 0.717) is 5.56 Å². The normalized spacial score (nSPS) is 14.9. The number of carboxylic acids is 1. The van der Waals surface area contributed by atoms with Crippen molar-refractivity contribution in [3.8, 4) is 0 Å². The molecule has 0 saturated carbocycles. The maximum Gasteiger partial charge on any atom is 0.322 e. The Kier molecular flexibility index (Phi) is 5.93. The quantitative estimate of drug-likeness (QED) is 0.578. The second-order valence-corrected chi connectivity index (χ2v) is 8.50. The molecule has 31 heavy (non-hydrogen) atoms. The molecule has 0 unspecified atom stereocenters. The van der Waals surface area contributed by atoms with Crippen LogP contribution >= 0.6 is 0 Å². The Morgan fingerprint density at radius 1 is 1.10 bits per heavy atom. The molecule has 160 valence electrons. The number of allylic oxidation sites excluding steroid dienone is 1. The summed E-state index contributed by atoms with van der Waals surface area (Å²) in [4.78, 5) is 35.2. The highest BCUT2D eigenvalue weighted by Crippen LogP contribution is 2.34. The third-order valence-corrected chi connectivity index (χ3v) is 6.34. The van der Waals surface area contributed by atoms with Crippen LogP contribution < -0.4 is 5.32 Å². The number of ketones is 1. The predicted octanol–water partition coefficient (Wildman–Crippen LogP) is 1.64. The molecule has 1 aliphatic rings. The lowest BCUT2D eigenvalue weighted by Gasteiger charge is -2.27. The minimum atomic E-state index is -4.00. The van der Waals surface area contributed by atoms with E-state index in [-0.39, 0.29) is 16.0 Å². The van der Waals surface area contributed by atoms with Crippen molar-refractivity contribution in [3.63, 3.8) is 0 Å². The van der Waals surface area contributed by atoms with Crippen molar-refractivity contribution < 1.29 is 33.0 Å². The number of hydrogen-bond acceptors (Lipinski definition) is 6. The van der Waals surface area contributed by atoms with Crippen LogP contribution in [-0.4, -0.2) is 54.2 Å². The number of benzene rings is 2. The number of aliphatic carboxylic acids is 1. The van der Waals surface area contributed by atoms with E-state index in [1.54, 1.807) is 18.2 Å². The van der Waals surface area contributed by atoms with Crippen LogP contribution in [-0.2, 0) is 19.6 Å². The molecule has 1 aliphatic heterocycles. The third kappa shape index (κ3) is 4.33. The standard InChI is InChI=1S/C21H18N2O7S/c1-23-19(20(27)15-7-2-3-8-17(15)31(23,29)30)16(24)10-9-13-5-4-6-14(11-13)21(28)22-12-18(25)26/h2-11,27H,12H2,1H3,(H,22,28)(H,25,26). The fourth-order valence-corrected chi connectivity index (χ4v) is 4.40. The molecule has 0 bridgehead atoms. The van der Waals surface area contributed by atoms with Gasteiger partial charge in [-0.05, 0) is 35.9 Å². The van der Waals surface area contributed by atoms with E-state index in [1.165, 1.54) is 43.5 Å². The fraction of sp³-hybridized carbons (Fsp3) is 0.0952. The molecule has 0 aliphatic carbocycles. The second-order valence-electron chi connectivity index (χ2n) is 6.57. The SMILES string of the molecule is CN1C(C(=O)C=Cc2cccc(C(=O)NCC(=O)O)c2)=C(O)c2ccccc2S1(=O)=O. The maximum atomic E-state index is 12.7. The average Bonchev–Trinajstić information content (AvgIpc) is 2.75. The van der Waals surface area contributed by atoms with Gasteiger partial charge in [0.15, 0.2) is 5.76 Å². The largest absolute Gasteiger partial charge is 0.505 e. The van der Waals surface area contributed by atoms with Crippen LogP contribution in [0.5, 0.6) is 0 Å². The van der Waals surface area contributed by atoms with Gasteiger partial charge in [0, 0.05) is 18.2 Å². The van der Waals surface area contributed by atoms with Gasteiger partial charge in [-0.3, -0.25) is 18.7 Å². The highest BCUT2D eigenvalue weighted by atomic mass is 32.2. The summed E-state index contributed by atoms with van der Waals surface area (Å²) >= 11 is 0. The van der Waals surface area contributed by atoms with E-state index in [0.717, 1.165) is 10.4 Å². The van der Waals surface area contributed by atoms with E-state index >= 15 is 0 Å². The van der Waals surface area contributed by atoms with Crippen LogP contribution in [0.15, 0.2) is 65.2 Å². The van der Waals surface area contributed by atoms with Crippen molar-refractivity contribution >= 4 is 39.5 Å². The van der Waals surface area contributed by atoms with Gasteiger partial charge in [-0.25, -0.2) is 8.42 Å². The number of carbonyl (C=O) groups is 3. The molecule has 0 saturated heterocycles. The minimum Gasteiger partial charge on any atom is -0.505 e. The first-order chi connectivity index (χ1) is 14.6. The molecule has 3 N–H and O–H groups in total. The summed E-state index contributed by atoms with van der Waals surface area (Å²) in [5.41, 5.74) is 0.266. The molecule has 0 radical (unpaired) electrons. The molecule has 10 heteroatoms. The van der Waals surface area contributed by atoms with Crippen molar-refractivity contribution in [2.75, 3.05) is 13.6 Å². The van der Waals surface area contributed by atoms with Gasteiger partial charge in [-0.15, -0.1) is 0 Å². The molecule has 3 rings (SSSR count). The van der Waals surface area contributed by atoms with E-state index in [9.17, 15) is 27.9 Å². The molecule has 2 aromatic rings. The van der Waals surface area contributed by atoms with Crippen LogP contribution in [0.3, 0.4) is 0 Å². The Bertz CT molecular complexity index is 1250. The van der Waals surface area contributed by atoms with E-state index in [1.807, 2.05) is 0 Å². The number of sulfonamides is 1. The van der Waals surface area contributed by atoms with Gasteiger partial charge in [-0.2, -0.15) is 0 Å². The number of nitrogens with zero attached hydrogens (tertiary/aromatic N) is 1. The minimum absolute atomic E-state index is 0.0365. The number of likely N-dealkylation sites (N-methyl/N-ethyl adjacent to an activating group) is 1. The van der Waals surface area contributed by atoms with Gasteiger partial charge < -0.3 is 15.5 Å². The number of amides is 1. The summed E-state index contributed by atoms with van der Waals surface area (Å²) in [6.07, 6.45) is 2.44. The lowest BCUT2D eigenvalue weighted by molar-refractivity contribution is -0.135. The Morgan fingerprint density at radius 3 is 2.52 bits per heavy atom. The van der Waals surface area contributed by atoms with Crippen LogP contribution in [0, 0.1) is 0 Å². The Balaban J connectivity index is 1.89. The van der Waals surface area contributed by atoms with Gasteiger partial charge in [0.1, 0.15) is 12.2 Å². The number of aliphatic hydroxyl groups is 1. The zero-order chi connectivity index (χ0) is 22.8. The van der Waals surface area contributed by atoms with Gasteiger partial charge in [0.05, 0.1) is 4.90 Å². The van der Waals surface area contributed by atoms with E-state index < -0.39 is 45.7 Å². The summed E-state index contributed by atoms with van der Waals surface area (Å²) in [5.74, 6) is -2.99. The number of carboxylic acid groups (broad SMARTS) is 1. The molecule has 0 spiro atoms. The highest BCUT2D eigenvalue weighted by molar-refractivity contribution is 7.89. The number of hydrogen-bond donors (Lipinski definition) is 3. The molecular weight excluding hydrogens is 424 g/mol. The van der Waals surface area contributed by atoms with Crippen LogP contribution in [0.1, 0.15) is 21.5 Å². The second kappa shape index (κ2) is 8.44. The van der Waals surface area contributed by atoms with Crippen molar-refractivity contribution in [1.82, 2.24) is 9.62 Å². The Hall–Kier alpha value is -3.92. The number of fused-ring (bicyclic) bond motifs is 1. The zero-order valence-electron chi connectivity index (χ0n) is 16.3. The molecule has 0 aromatic heterocycles. The number of carbonyl (C=O) groups excluding carboxylic acids is 2. The molecule has 9 nitrogen and oxygen atoms in total. The van der Waals surface area contributed by atoms with Crippen molar-refractivity contribution in [1.29, 1.82) is 0 Å². The van der Waals surface area contributed by atoms with E-state index in [2.05, 4.69) is 5.32 Å². The maximum absolute atomic E-state index is 12.7. The third-order valence-electron chi connectivity index (χ3n) is 4.53. The first kappa shape index (κ1) is 21.8. The number of aliphatic hydroxyl groups excluding tert-OH is 1. The Morgan fingerprint density at radius 2 is 1.81 bits per heavy atom. The summed E-state index contributed by atoms with van der Waals surface area (Å²) in [5, 5.41) is 21.4. The Labute approximate surface area is 178 Å². The summed E-state index contributed by atoms with van der Waals surface area (Å²) < 4.78 is 26.1. The van der Waals surface area contributed by atoms with E-state index in [4.69, 9.17) is 5.11 Å². The highest BCUT2D eigenvalue weighted by Gasteiger charge is 2.36. The van der Waals surface area contributed by atoms with Crippen molar-refractivity contribution in [2.45, 2.75) is 4.90 Å². The molecular formula is C21H18N2O7S.